The lowest BCUT2D eigenvalue weighted by atomic mass is 10.00. The highest BCUT2D eigenvalue weighted by molar-refractivity contribution is 6.23. The molecule has 0 spiro atoms. The van der Waals surface area contributed by atoms with Crippen LogP contribution in [-0.4, -0.2) is 29.1 Å². The molecule has 29 heavy (non-hydrogen) atoms. The maximum atomic E-state index is 14.2. The minimum atomic E-state index is -0.879. The number of hydrogen-bond acceptors (Lipinski definition) is 4. The fraction of sp³-hybridized carbons (Fsp3) is 0.333. The number of benzene rings is 1. The Labute approximate surface area is 170 Å². The van der Waals surface area contributed by atoms with Gasteiger partial charge in [0.15, 0.2) is 0 Å². The van der Waals surface area contributed by atoms with Crippen LogP contribution in [0, 0.1) is 28.4 Å². The van der Waals surface area contributed by atoms with Gasteiger partial charge in [-0.25, -0.2) is 13.8 Å². The molecule has 156 valence electrons. The van der Waals surface area contributed by atoms with Crippen LogP contribution in [-0.2, 0) is 0 Å². The Hall–Kier alpha value is -3.16. The van der Waals surface area contributed by atoms with Crippen molar-refractivity contribution in [2.45, 2.75) is 40.2 Å². The molecule has 0 saturated carbocycles. The van der Waals surface area contributed by atoms with Crippen LogP contribution in [0.1, 0.15) is 40.2 Å². The third-order valence-electron chi connectivity index (χ3n) is 3.62. The summed E-state index contributed by atoms with van der Waals surface area (Å²) in [5.41, 5.74) is 11.2. The number of allylic oxidation sites excluding steroid dienone is 2. The molecule has 1 aromatic rings. The highest BCUT2D eigenvalue weighted by Gasteiger charge is 2.16. The summed E-state index contributed by atoms with van der Waals surface area (Å²) in [6.07, 6.45) is 4.07. The molecule has 1 rings (SSSR count). The van der Waals surface area contributed by atoms with Crippen LogP contribution in [0.2, 0.25) is 0 Å². The van der Waals surface area contributed by atoms with E-state index in [2.05, 4.69) is 9.98 Å². The van der Waals surface area contributed by atoms with E-state index < -0.39 is 17.2 Å². The summed E-state index contributed by atoms with van der Waals surface area (Å²) in [5.74, 6) is -1.45. The summed E-state index contributed by atoms with van der Waals surface area (Å²) in [6, 6.07) is 2.94. The lowest BCUT2D eigenvalue weighted by Crippen LogP contribution is -2.20. The van der Waals surface area contributed by atoms with Crippen molar-refractivity contribution >= 4 is 23.6 Å². The summed E-state index contributed by atoms with van der Waals surface area (Å²) in [4.78, 5) is 8.28. The molecule has 0 atom stereocenters. The van der Waals surface area contributed by atoms with E-state index in [0.717, 1.165) is 6.07 Å². The van der Waals surface area contributed by atoms with Crippen molar-refractivity contribution in [3.05, 3.63) is 58.8 Å². The minimum absolute atomic E-state index is 0.0132. The van der Waals surface area contributed by atoms with Gasteiger partial charge in [0, 0.05) is 35.0 Å². The molecule has 0 aliphatic heterocycles. The number of amidine groups is 2. The SMILES string of the molecule is CC(C)C(N)=NC(=N)/C=C\C(N)=C(\C=NC(C)(C)C)C(=N)c1ccc(F)cc1F. The van der Waals surface area contributed by atoms with E-state index in [0.29, 0.717) is 11.9 Å². The van der Waals surface area contributed by atoms with Crippen molar-refractivity contribution < 1.29 is 8.78 Å². The third-order valence-corrected chi connectivity index (χ3v) is 3.62. The number of aliphatic imine (C=N–C) groups is 2. The second-order valence-electron chi connectivity index (χ2n) is 7.71. The Morgan fingerprint density at radius 2 is 1.72 bits per heavy atom. The Morgan fingerprint density at radius 1 is 1.10 bits per heavy atom. The van der Waals surface area contributed by atoms with E-state index in [1.807, 2.05) is 34.6 Å². The van der Waals surface area contributed by atoms with E-state index in [-0.39, 0.29) is 34.3 Å². The zero-order valence-corrected chi connectivity index (χ0v) is 17.3. The number of halogens is 2. The number of rotatable bonds is 6. The summed E-state index contributed by atoms with van der Waals surface area (Å²) < 4.78 is 27.4. The highest BCUT2D eigenvalue weighted by Crippen LogP contribution is 2.16. The van der Waals surface area contributed by atoms with Crippen LogP contribution in [0.3, 0.4) is 0 Å². The Kier molecular flexibility index (Phi) is 8.12. The zero-order chi connectivity index (χ0) is 22.4. The van der Waals surface area contributed by atoms with Gasteiger partial charge in [0.2, 0.25) is 0 Å². The fourth-order valence-corrected chi connectivity index (χ4v) is 1.94. The molecule has 0 aliphatic carbocycles. The molecule has 0 aromatic heterocycles. The van der Waals surface area contributed by atoms with Gasteiger partial charge in [-0.3, -0.25) is 15.8 Å². The van der Waals surface area contributed by atoms with Crippen LogP contribution in [0.5, 0.6) is 0 Å². The number of nitrogens with one attached hydrogen (secondary N) is 2. The van der Waals surface area contributed by atoms with Crippen molar-refractivity contribution in [2.24, 2.45) is 27.4 Å². The van der Waals surface area contributed by atoms with E-state index >= 15 is 0 Å². The highest BCUT2D eigenvalue weighted by atomic mass is 19.1. The van der Waals surface area contributed by atoms with Gasteiger partial charge in [-0.1, -0.05) is 13.8 Å². The molecule has 1 aromatic carbocycles. The van der Waals surface area contributed by atoms with Crippen molar-refractivity contribution in [3.8, 4) is 0 Å². The molecule has 6 nitrogen and oxygen atoms in total. The number of nitrogens with two attached hydrogens (primary N) is 2. The van der Waals surface area contributed by atoms with E-state index in [1.54, 1.807) is 0 Å². The first-order valence-electron chi connectivity index (χ1n) is 9.02. The van der Waals surface area contributed by atoms with Gasteiger partial charge in [0.1, 0.15) is 23.3 Å². The molecule has 0 aliphatic rings. The Balaban J connectivity index is 3.37. The number of hydrogen-bond donors (Lipinski definition) is 4. The molecule has 0 unspecified atom stereocenters. The molecule has 0 saturated heterocycles. The third kappa shape index (κ3) is 7.77. The standard InChI is InChI=1S/C21H28F2N6/c1-12(2)20(27)29-18(25)9-8-17(24)15(11-28-21(3,4)5)19(26)14-7-6-13(22)10-16(14)23/h6-12,26H,24H2,1-5H3,(H3,25,27,29)/b9-8-,17-15+,26-19?,28-11?. The summed E-state index contributed by atoms with van der Waals surface area (Å²) in [6.45, 7) is 9.27. The summed E-state index contributed by atoms with van der Waals surface area (Å²) in [7, 11) is 0. The maximum absolute atomic E-state index is 14.2. The molecule has 6 N–H and O–H groups in total. The molecular weight excluding hydrogens is 374 g/mol. The van der Waals surface area contributed by atoms with E-state index in [1.165, 1.54) is 24.4 Å². The van der Waals surface area contributed by atoms with Crippen LogP contribution < -0.4 is 11.5 Å². The van der Waals surface area contributed by atoms with Gasteiger partial charge in [-0.15, -0.1) is 0 Å². The molecule has 0 fully saturated rings. The van der Waals surface area contributed by atoms with E-state index in [9.17, 15) is 8.78 Å². The van der Waals surface area contributed by atoms with Crippen LogP contribution in [0.4, 0.5) is 8.78 Å². The molecule has 0 radical (unpaired) electrons. The fourth-order valence-electron chi connectivity index (χ4n) is 1.94. The van der Waals surface area contributed by atoms with Gasteiger partial charge in [0.25, 0.3) is 0 Å². The van der Waals surface area contributed by atoms with Gasteiger partial charge < -0.3 is 11.5 Å². The largest absolute Gasteiger partial charge is 0.398 e. The van der Waals surface area contributed by atoms with Crippen LogP contribution in [0.25, 0.3) is 0 Å². The lowest BCUT2D eigenvalue weighted by molar-refractivity contribution is 0.582. The van der Waals surface area contributed by atoms with E-state index in [4.69, 9.17) is 22.3 Å². The first kappa shape index (κ1) is 23.9. The normalized spacial score (nSPS) is 14.0. The van der Waals surface area contributed by atoms with Crippen molar-refractivity contribution in [1.29, 1.82) is 10.8 Å². The van der Waals surface area contributed by atoms with Crippen molar-refractivity contribution in [1.82, 2.24) is 0 Å². The van der Waals surface area contributed by atoms with Crippen molar-refractivity contribution in [3.63, 3.8) is 0 Å². The summed E-state index contributed by atoms with van der Waals surface area (Å²) >= 11 is 0. The van der Waals surface area contributed by atoms with Gasteiger partial charge in [0.05, 0.1) is 11.3 Å². The van der Waals surface area contributed by atoms with Gasteiger partial charge in [-0.2, -0.15) is 0 Å². The van der Waals surface area contributed by atoms with Crippen molar-refractivity contribution in [2.75, 3.05) is 0 Å². The molecule has 0 amide bonds. The minimum Gasteiger partial charge on any atom is -0.398 e. The molecule has 0 heterocycles. The Bertz CT molecular complexity index is 902. The second-order valence-corrected chi connectivity index (χ2v) is 7.71. The second kappa shape index (κ2) is 9.86. The molecular formula is C21H28F2N6. The number of nitrogens with zero attached hydrogens (tertiary/aromatic N) is 2. The average molecular weight is 402 g/mol. The first-order valence-corrected chi connectivity index (χ1v) is 9.02. The first-order chi connectivity index (χ1) is 13.3. The smallest absolute Gasteiger partial charge is 0.146 e. The predicted molar refractivity (Wildman–Crippen MR) is 116 cm³/mol. The maximum Gasteiger partial charge on any atom is 0.146 e. The molecule has 0 bridgehead atoms. The predicted octanol–water partition coefficient (Wildman–Crippen LogP) is 3.96. The van der Waals surface area contributed by atoms with Crippen LogP contribution >= 0.6 is 0 Å². The Morgan fingerprint density at radius 3 is 2.24 bits per heavy atom. The average Bonchev–Trinajstić information content (AvgIpc) is 2.58. The van der Waals surface area contributed by atoms with Gasteiger partial charge in [-0.05, 0) is 45.1 Å². The zero-order valence-electron chi connectivity index (χ0n) is 17.3. The molecule has 8 heteroatoms. The monoisotopic (exact) mass is 402 g/mol. The van der Waals surface area contributed by atoms with Gasteiger partial charge >= 0.3 is 0 Å². The quantitative estimate of drug-likeness (QED) is 0.327. The topological polar surface area (TPSA) is 124 Å². The lowest BCUT2D eigenvalue weighted by Gasteiger charge is -2.14. The van der Waals surface area contributed by atoms with Crippen LogP contribution in [0.15, 0.2) is 51.6 Å². The summed E-state index contributed by atoms with van der Waals surface area (Å²) in [5, 5.41) is 16.2.